The molecule has 0 aliphatic rings. The molecule has 0 aliphatic heterocycles. The molecule has 3 nitrogen and oxygen atoms in total. The second-order valence-electron chi connectivity index (χ2n) is 2.79. The van der Waals surface area contributed by atoms with E-state index in [0.29, 0.717) is 0 Å². The SMILES string of the molecule is CCCCc1ccccc1.O=S(=O)=O. The molecule has 0 fully saturated rings. The molecule has 0 heterocycles. The first kappa shape index (κ1) is 12.8. The third-order valence-electron chi connectivity index (χ3n) is 1.66. The van der Waals surface area contributed by atoms with Gasteiger partial charge in [-0.1, -0.05) is 43.7 Å². The molecular formula is C10H14O3S. The van der Waals surface area contributed by atoms with Crippen LogP contribution in [0.25, 0.3) is 0 Å². The number of rotatable bonds is 3. The van der Waals surface area contributed by atoms with Crippen LogP contribution < -0.4 is 0 Å². The van der Waals surface area contributed by atoms with Crippen molar-refractivity contribution >= 4 is 10.6 Å². The first-order valence-electron chi connectivity index (χ1n) is 4.47. The smallest absolute Gasteiger partial charge is 0.142 e. The molecule has 0 N–H and O–H groups in total. The molecule has 78 valence electrons. The van der Waals surface area contributed by atoms with Crippen LogP contribution in [0.4, 0.5) is 0 Å². The Kier molecular flexibility index (Phi) is 7.74. The van der Waals surface area contributed by atoms with Crippen LogP contribution in [0.5, 0.6) is 0 Å². The van der Waals surface area contributed by atoms with Crippen molar-refractivity contribution in [2.75, 3.05) is 0 Å². The maximum Gasteiger partial charge on any atom is 0.425 e. The van der Waals surface area contributed by atoms with E-state index < -0.39 is 10.6 Å². The second kappa shape index (κ2) is 8.44. The minimum absolute atomic E-state index is 1.23. The molecule has 0 radical (unpaired) electrons. The van der Waals surface area contributed by atoms with E-state index in [1.165, 1.54) is 24.8 Å². The quantitative estimate of drug-likeness (QED) is 0.773. The molecular weight excluding hydrogens is 200 g/mol. The van der Waals surface area contributed by atoms with Crippen molar-refractivity contribution in [2.24, 2.45) is 0 Å². The topological polar surface area (TPSA) is 51.2 Å². The van der Waals surface area contributed by atoms with Gasteiger partial charge in [0.2, 0.25) is 0 Å². The third kappa shape index (κ3) is 8.93. The lowest BCUT2D eigenvalue weighted by atomic mass is 10.1. The third-order valence-corrected chi connectivity index (χ3v) is 1.66. The number of benzene rings is 1. The highest BCUT2D eigenvalue weighted by atomic mass is 32.2. The zero-order valence-corrected chi connectivity index (χ0v) is 8.96. The Morgan fingerprint density at radius 3 is 2.00 bits per heavy atom. The molecule has 0 amide bonds. The minimum Gasteiger partial charge on any atom is -0.142 e. The van der Waals surface area contributed by atoms with Gasteiger partial charge in [0.1, 0.15) is 0 Å². The summed E-state index contributed by atoms with van der Waals surface area (Å²) >= 11 is 0. The maximum atomic E-state index is 8.44. The van der Waals surface area contributed by atoms with E-state index in [1.54, 1.807) is 0 Å². The molecule has 1 rings (SSSR count). The molecule has 0 aliphatic carbocycles. The summed E-state index contributed by atoms with van der Waals surface area (Å²) in [7, 11) is -3.11. The van der Waals surface area contributed by atoms with Gasteiger partial charge >= 0.3 is 10.6 Å². The van der Waals surface area contributed by atoms with E-state index in [1.807, 2.05) is 0 Å². The van der Waals surface area contributed by atoms with Gasteiger partial charge in [-0.15, -0.1) is 12.6 Å². The second-order valence-corrected chi connectivity index (χ2v) is 3.20. The fraction of sp³-hybridized carbons (Fsp3) is 0.400. The lowest BCUT2D eigenvalue weighted by Crippen LogP contribution is -1.81. The van der Waals surface area contributed by atoms with Gasteiger partial charge in [0.15, 0.2) is 0 Å². The van der Waals surface area contributed by atoms with E-state index in [9.17, 15) is 0 Å². The molecule has 0 bridgehead atoms. The summed E-state index contributed by atoms with van der Waals surface area (Å²) in [4.78, 5) is 0. The van der Waals surface area contributed by atoms with E-state index in [-0.39, 0.29) is 0 Å². The predicted molar refractivity (Wildman–Crippen MR) is 54.8 cm³/mol. The Hall–Kier alpha value is -1.16. The minimum atomic E-state index is -3.11. The highest BCUT2D eigenvalue weighted by molar-refractivity contribution is 7.59. The van der Waals surface area contributed by atoms with Gasteiger partial charge in [0.25, 0.3) is 0 Å². The molecule has 0 saturated heterocycles. The van der Waals surface area contributed by atoms with Gasteiger partial charge in [-0.3, -0.25) is 0 Å². The largest absolute Gasteiger partial charge is 0.425 e. The molecule has 0 spiro atoms. The number of aryl methyl sites for hydroxylation is 1. The molecule has 0 unspecified atom stereocenters. The van der Waals surface area contributed by atoms with Crippen molar-refractivity contribution in [3.8, 4) is 0 Å². The van der Waals surface area contributed by atoms with Crippen molar-refractivity contribution < 1.29 is 12.6 Å². The normalized spacial score (nSPS) is 8.64. The van der Waals surface area contributed by atoms with E-state index in [0.717, 1.165) is 0 Å². The number of unbranched alkanes of at least 4 members (excludes halogenated alkanes) is 1. The van der Waals surface area contributed by atoms with Crippen LogP contribution in [0.2, 0.25) is 0 Å². The zero-order chi connectivity index (χ0) is 10.8. The maximum absolute atomic E-state index is 8.44. The van der Waals surface area contributed by atoms with Crippen LogP contribution >= 0.6 is 0 Å². The molecule has 1 aromatic carbocycles. The van der Waals surface area contributed by atoms with Gasteiger partial charge in [-0.25, -0.2) is 0 Å². The van der Waals surface area contributed by atoms with Crippen LogP contribution in [-0.4, -0.2) is 12.6 Å². The Balaban J connectivity index is 0.000000364. The van der Waals surface area contributed by atoms with Gasteiger partial charge in [-0.05, 0) is 18.4 Å². The number of hydrogen-bond acceptors (Lipinski definition) is 3. The van der Waals surface area contributed by atoms with Crippen LogP contribution in [0.15, 0.2) is 30.3 Å². The van der Waals surface area contributed by atoms with Crippen LogP contribution in [0.1, 0.15) is 25.3 Å². The van der Waals surface area contributed by atoms with Crippen LogP contribution in [0.3, 0.4) is 0 Å². The lowest BCUT2D eigenvalue weighted by molar-refractivity contribution is 0.559. The van der Waals surface area contributed by atoms with Crippen molar-refractivity contribution in [3.05, 3.63) is 35.9 Å². The summed E-state index contributed by atoms with van der Waals surface area (Å²) in [6.07, 6.45) is 3.83. The van der Waals surface area contributed by atoms with Crippen LogP contribution in [0, 0.1) is 0 Å². The Bertz CT molecular complexity index is 321. The average Bonchev–Trinajstić information content (AvgIpc) is 2.15. The van der Waals surface area contributed by atoms with Gasteiger partial charge in [0, 0.05) is 0 Å². The van der Waals surface area contributed by atoms with Gasteiger partial charge in [0.05, 0.1) is 0 Å². The van der Waals surface area contributed by atoms with E-state index in [4.69, 9.17) is 12.6 Å². The summed E-state index contributed by atoms with van der Waals surface area (Å²) in [5.74, 6) is 0. The standard InChI is InChI=1S/C10H14.O3S/c1-2-3-7-10-8-5-4-6-9-10;1-4(2)3/h4-6,8-9H,2-3,7H2,1H3;. The Morgan fingerprint density at radius 2 is 1.57 bits per heavy atom. The summed E-state index contributed by atoms with van der Waals surface area (Å²) < 4.78 is 25.3. The molecule has 14 heavy (non-hydrogen) atoms. The Labute approximate surface area is 85.8 Å². The molecule has 0 saturated carbocycles. The van der Waals surface area contributed by atoms with Gasteiger partial charge in [-0.2, -0.15) is 0 Å². The summed E-state index contributed by atoms with van der Waals surface area (Å²) in [5.41, 5.74) is 1.46. The van der Waals surface area contributed by atoms with Crippen molar-refractivity contribution in [2.45, 2.75) is 26.2 Å². The van der Waals surface area contributed by atoms with Gasteiger partial charge < -0.3 is 0 Å². The summed E-state index contributed by atoms with van der Waals surface area (Å²) in [5, 5.41) is 0. The lowest BCUT2D eigenvalue weighted by Gasteiger charge is -1.96. The monoisotopic (exact) mass is 214 g/mol. The molecule has 0 atom stereocenters. The molecule has 4 heteroatoms. The first-order valence-corrected chi connectivity index (χ1v) is 5.47. The Morgan fingerprint density at radius 1 is 1.07 bits per heavy atom. The molecule has 1 aromatic rings. The average molecular weight is 214 g/mol. The van der Waals surface area contributed by atoms with Crippen molar-refractivity contribution in [1.29, 1.82) is 0 Å². The van der Waals surface area contributed by atoms with Crippen LogP contribution in [-0.2, 0) is 17.0 Å². The first-order chi connectivity index (χ1) is 6.66. The summed E-state index contributed by atoms with van der Waals surface area (Å²) in [6, 6.07) is 10.6. The fourth-order valence-electron chi connectivity index (χ4n) is 1.03. The van der Waals surface area contributed by atoms with Crippen molar-refractivity contribution in [3.63, 3.8) is 0 Å². The summed E-state index contributed by atoms with van der Waals surface area (Å²) in [6.45, 7) is 2.23. The number of hydrogen-bond donors (Lipinski definition) is 0. The zero-order valence-electron chi connectivity index (χ0n) is 8.14. The van der Waals surface area contributed by atoms with E-state index >= 15 is 0 Å². The highest BCUT2D eigenvalue weighted by Crippen LogP contribution is 2.03. The fourth-order valence-corrected chi connectivity index (χ4v) is 1.03. The highest BCUT2D eigenvalue weighted by Gasteiger charge is 1.87. The van der Waals surface area contributed by atoms with Crippen molar-refractivity contribution in [1.82, 2.24) is 0 Å². The molecule has 0 aromatic heterocycles. The predicted octanol–water partition coefficient (Wildman–Crippen LogP) is 2.03. The van der Waals surface area contributed by atoms with E-state index in [2.05, 4.69) is 37.3 Å².